The Kier molecular flexibility index (Phi) is 7.64. The van der Waals surface area contributed by atoms with Gasteiger partial charge in [-0.2, -0.15) is 5.26 Å². The van der Waals surface area contributed by atoms with Crippen LogP contribution in [0.2, 0.25) is 0 Å². The maximum absolute atomic E-state index is 12.1. The van der Waals surface area contributed by atoms with Gasteiger partial charge in [0.05, 0.1) is 30.5 Å². The molecule has 1 aromatic heterocycles. The summed E-state index contributed by atoms with van der Waals surface area (Å²) in [5, 5.41) is 9.17. The fraction of sp³-hybridized carbons (Fsp3) is 0.381. The molecular weight excluding hydrogens is 358 g/mol. The Hall–Kier alpha value is -3.27. The zero-order valence-corrected chi connectivity index (χ0v) is 16.2. The zero-order valence-electron chi connectivity index (χ0n) is 16.2. The summed E-state index contributed by atoms with van der Waals surface area (Å²) in [5.41, 5.74) is 7.18. The molecule has 0 aliphatic heterocycles. The summed E-state index contributed by atoms with van der Waals surface area (Å²) >= 11 is 0. The number of carbonyl (C=O) groups excluding carboxylic acids is 2. The molecule has 0 unspecified atom stereocenters. The number of carbonyl (C=O) groups is 2. The lowest BCUT2D eigenvalue weighted by Gasteiger charge is -2.09. The van der Waals surface area contributed by atoms with E-state index < -0.39 is 5.97 Å². The molecule has 28 heavy (non-hydrogen) atoms. The predicted octanol–water partition coefficient (Wildman–Crippen LogP) is 3.84. The van der Waals surface area contributed by atoms with Crippen molar-refractivity contribution in [2.45, 2.75) is 39.0 Å². The SMILES string of the molecule is CCCCCCCOC(=O)c1ccc(-n2cc(C#N)c(N)c2C(=O)OC)cc1. The minimum absolute atomic E-state index is 0.0564. The van der Waals surface area contributed by atoms with Crippen molar-refractivity contribution in [3.63, 3.8) is 0 Å². The van der Waals surface area contributed by atoms with E-state index in [4.69, 9.17) is 20.5 Å². The van der Waals surface area contributed by atoms with E-state index in [1.165, 1.54) is 30.7 Å². The van der Waals surface area contributed by atoms with Gasteiger partial charge in [0.15, 0.2) is 5.69 Å². The van der Waals surface area contributed by atoms with E-state index in [9.17, 15) is 9.59 Å². The minimum Gasteiger partial charge on any atom is -0.464 e. The second-order valence-corrected chi connectivity index (χ2v) is 6.38. The molecule has 0 saturated carbocycles. The van der Waals surface area contributed by atoms with Gasteiger partial charge in [0.2, 0.25) is 0 Å². The Balaban J connectivity index is 2.10. The topological polar surface area (TPSA) is 107 Å². The van der Waals surface area contributed by atoms with Crippen LogP contribution in [-0.2, 0) is 9.47 Å². The smallest absolute Gasteiger partial charge is 0.357 e. The van der Waals surface area contributed by atoms with Crippen LogP contribution in [0.1, 0.15) is 65.4 Å². The largest absolute Gasteiger partial charge is 0.464 e. The van der Waals surface area contributed by atoms with Gasteiger partial charge in [0.25, 0.3) is 0 Å². The van der Waals surface area contributed by atoms with Crippen molar-refractivity contribution in [1.82, 2.24) is 4.57 Å². The average Bonchev–Trinajstić information content (AvgIpc) is 3.06. The Morgan fingerprint density at radius 2 is 1.79 bits per heavy atom. The van der Waals surface area contributed by atoms with Crippen LogP contribution in [0.4, 0.5) is 5.69 Å². The number of esters is 2. The van der Waals surface area contributed by atoms with Crippen LogP contribution in [0.15, 0.2) is 30.5 Å². The first-order valence-electron chi connectivity index (χ1n) is 9.30. The number of hydrogen-bond acceptors (Lipinski definition) is 6. The number of aromatic nitrogens is 1. The van der Waals surface area contributed by atoms with Gasteiger partial charge in [-0.25, -0.2) is 9.59 Å². The third kappa shape index (κ3) is 4.92. The van der Waals surface area contributed by atoms with Crippen molar-refractivity contribution < 1.29 is 19.1 Å². The fourth-order valence-corrected chi connectivity index (χ4v) is 2.83. The van der Waals surface area contributed by atoms with Crippen LogP contribution < -0.4 is 5.73 Å². The predicted molar refractivity (Wildman–Crippen MR) is 105 cm³/mol. The zero-order chi connectivity index (χ0) is 20.5. The Bertz CT molecular complexity index is 863. The van der Waals surface area contributed by atoms with Crippen molar-refractivity contribution in [2.24, 2.45) is 0 Å². The van der Waals surface area contributed by atoms with E-state index in [1.807, 2.05) is 6.07 Å². The van der Waals surface area contributed by atoms with Crippen LogP contribution >= 0.6 is 0 Å². The third-order valence-electron chi connectivity index (χ3n) is 4.41. The number of anilines is 1. The molecule has 2 rings (SSSR count). The van der Waals surface area contributed by atoms with Crippen molar-refractivity contribution in [2.75, 3.05) is 19.5 Å². The average molecular weight is 383 g/mol. The lowest BCUT2D eigenvalue weighted by atomic mass is 10.2. The highest BCUT2D eigenvalue weighted by atomic mass is 16.5. The van der Waals surface area contributed by atoms with Crippen molar-refractivity contribution in [1.29, 1.82) is 5.26 Å². The van der Waals surface area contributed by atoms with Gasteiger partial charge in [-0.05, 0) is 30.7 Å². The van der Waals surface area contributed by atoms with Gasteiger partial charge in [0.1, 0.15) is 6.07 Å². The van der Waals surface area contributed by atoms with Gasteiger partial charge in [-0.3, -0.25) is 0 Å². The molecular formula is C21H25N3O4. The van der Waals surface area contributed by atoms with E-state index in [0.29, 0.717) is 17.9 Å². The Morgan fingerprint density at radius 3 is 2.39 bits per heavy atom. The quantitative estimate of drug-likeness (QED) is 0.521. The first-order chi connectivity index (χ1) is 13.5. The molecule has 1 aromatic carbocycles. The number of methoxy groups -OCH3 is 1. The molecule has 7 heteroatoms. The second kappa shape index (κ2) is 10.2. The number of ether oxygens (including phenoxy) is 2. The molecule has 0 spiro atoms. The monoisotopic (exact) mass is 383 g/mol. The standard InChI is InChI=1S/C21H25N3O4/c1-3-4-5-6-7-12-28-20(25)15-8-10-17(11-9-15)24-14-16(13-22)18(23)19(24)21(26)27-2/h8-11,14H,3-7,12,23H2,1-2H3. The lowest BCUT2D eigenvalue weighted by molar-refractivity contribution is 0.0496. The molecule has 1 heterocycles. The van der Waals surface area contributed by atoms with Crippen LogP contribution in [0.5, 0.6) is 0 Å². The molecule has 0 amide bonds. The molecule has 0 bridgehead atoms. The summed E-state index contributed by atoms with van der Waals surface area (Å²) in [4.78, 5) is 24.2. The summed E-state index contributed by atoms with van der Waals surface area (Å²) < 4.78 is 11.5. The van der Waals surface area contributed by atoms with Crippen LogP contribution in [0.3, 0.4) is 0 Å². The molecule has 2 aromatic rings. The second-order valence-electron chi connectivity index (χ2n) is 6.38. The van der Waals surface area contributed by atoms with Crippen LogP contribution in [-0.4, -0.2) is 30.2 Å². The van der Waals surface area contributed by atoms with Gasteiger partial charge in [-0.1, -0.05) is 32.6 Å². The number of nitriles is 1. The summed E-state index contributed by atoms with van der Waals surface area (Å²) in [5.74, 6) is -1.04. The Labute approximate surface area is 164 Å². The summed E-state index contributed by atoms with van der Waals surface area (Å²) in [7, 11) is 1.24. The van der Waals surface area contributed by atoms with Crippen molar-refractivity contribution >= 4 is 17.6 Å². The highest BCUT2D eigenvalue weighted by Crippen LogP contribution is 2.25. The summed E-state index contributed by atoms with van der Waals surface area (Å²) in [6.07, 6.45) is 6.88. The molecule has 0 radical (unpaired) electrons. The minimum atomic E-state index is -0.648. The normalized spacial score (nSPS) is 10.3. The first-order valence-corrected chi connectivity index (χ1v) is 9.30. The van der Waals surface area contributed by atoms with E-state index in [0.717, 1.165) is 19.3 Å². The van der Waals surface area contributed by atoms with Crippen LogP contribution in [0, 0.1) is 11.3 Å². The molecule has 0 fully saturated rings. The van der Waals surface area contributed by atoms with E-state index in [2.05, 4.69) is 6.92 Å². The molecule has 0 aliphatic rings. The van der Waals surface area contributed by atoms with Crippen LogP contribution in [0.25, 0.3) is 5.69 Å². The number of unbranched alkanes of at least 4 members (excludes halogenated alkanes) is 4. The summed E-state index contributed by atoms with van der Waals surface area (Å²) in [6.45, 7) is 2.55. The van der Waals surface area contributed by atoms with Gasteiger partial charge >= 0.3 is 11.9 Å². The highest BCUT2D eigenvalue weighted by molar-refractivity contribution is 5.96. The maximum atomic E-state index is 12.1. The molecule has 7 nitrogen and oxygen atoms in total. The van der Waals surface area contributed by atoms with E-state index >= 15 is 0 Å². The summed E-state index contributed by atoms with van der Waals surface area (Å²) in [6, 6.07) is 8.48. The third-order valence-corrected chi connectivity index (χ3v) is 4.41. The molecule has 2 N–H and O–H groups in total. The first kappa shape index (κ1) is 21.0. The number of hydrogen-bond donors (Lipinski definition) is 1. The van der Waals surface area contributed by atoms with E-state index in [1.54, 1.807) is 24.3 Å². The van der Waals surface area contributed by atoms with Gasteiger partial charge in [-0.15, -0.1) is 0 Å². The maximum Gasteiger partial charge on any atom is 0.357 e. The van der Waals surface area contributed by atoms with Crippen molar-refractivity contribution in [3.8, 4) is 11.8 Å². The van der Waals surface area contributed by atoms with E-state index in [-0.39, 0.29) is 22.9 Å². The van der Waals surface area contributed by atoms with Crippen molar-refractivity contribution in [3.05, 3.63) is 47.3 Å². The number of rotatable bonds is 9. The lowest BCUT2D eigenvalue weighted by Crippen LogP contribution is -2.11. The number of nitrogens with two attached hydrogens (primary N) is 1. The number of nitrogens with zero attached hydrogens (tertiary/aromatic N) is 2. The highest BCUT2D eigenvalue weighted by Gasteiger charge is 2.21. The van der Waals surface area contributed by atoms with Gasteiger partial charge < -0.3 is 19.8 Å². The molecule has 0 saturated heterocycles. The molecule has 0 atom stereocenters. The number of benzene rings is 1. The van der Waals surface area contributed by atoms with Gasteiger partial charge in [0, 0.05) is 11.9 Å². The molecule has 148 valence electrons. The Morgan fingerprint density at radius 1 is 1.11 bits per heavy atom. The fourth-order valence-electron chi connectivity index (χ4n) is 2.83. The number of nitrogen functional groups attached to an aromatic ring is 1. The molecule has 0 aliphatic carbocycles.